The lowest BCUT2D eigenvalue weighted by Crippen LogP contribution is -2.25. The van der Waals surface area contributed by atoms with Gasteiger partial charge in [0, 0.05) is 21.7 Å². The molecule has 1 atom stereocenters. The summed E-state index contributed by atoms with van der Waals surface area (Å²) in [5, 5.41) is 0.788. The van der Waals surface area contributed by atoms with Gasteiger partial charge in [0.2, 0.25) is 0 Å². The van der Waals surface area contributed by atoms with Crippen molar-refractivity contribution in [3.05, 3.63) is 29.3 Å². The maximum Gasteiger partial charge on any atom is 0.0406 e. The summed E-state index contributed by atoms with van der Waals surface area (Å²) in [7, 11) is 0. The molecular weight excluding hydrogens is 250 g/mol. The fraction of sp³-hybridized carbons (Fsp3) is 0.571. The van der Waals surface area contributed by atoms with E-state index in [-0.39, 0.29) is 0 Å². The lowest BCUT2D eigenvalue weighted by Gasteiger charge is -2.17. The van der Waals surface area contributed by atoms with Crippen molar-refractivity contribution in [2.75, 3.05) is 5.75 Å². The van der Waals surface area contributed by atoms with Crippen LogP contribution in [-0.2, 0) is 0 Å². The van der Waals surface area contributed by atoms with E-state index in [0.717, 1.165) is 23.1 Å². The SMILES string of the molecule is CCC(CC)CC(N)CSc1ccc(Cl)cc1. The highest BCUT2D eigenvalue weighted by atomic mass is 35.5. The van der Waals surface area contributed by atoms with E-state index in [1.165, 1.54) is 17.7 Å². The second-order valence-electron chi connectivity index (χ2n) is 4.44. The Morgan fingerprint density at radius 2 is 1.76 bits per heavy atom. The van der Waals surface area contributed by atoms with Crippen LogP contribution in [0.15, 0.2) is 29.2 Å². The Morgan fingerprint density at radius 1 is 1.18 bits per heavy atom. The van der Waals surface area contributed by atoms with Crippen LogP contribution in [0.2, 0.25) is 5.02 Å². The number of rotatable bonds is 7. The maximum absolute atomic E-state index is 6.16. The molecule has 0 aliphatic heterocycles. The number of hydrogen-bond acceptors (Lipinski definition) is 2. The van der Waals surface area contributed by atoms with Crippen LogP contribution in [0.1, 0.15) is 33.1 Å². The Balaban J connectivity index is 2.32. The van der Waals surface area contributed by atoms with Crippen molar-refractivity contribution in [1.29, 1.82) is 0 Å². The molecule has 0 aliphatic rings. The molecule has 0 fully saturated rings. The van der Waals surface area contributed by atoms with Crippen LogP contribution >= 0.6 is 23.4 Å². The predicted octanol–water partition coefficient (Wildman–Crippen LogP) is 4.59. The Hall–Kier alpha value is -0.180. The van der Waals surface area contributed by atoms with Crippen LogP contribution in [0.5, 0.6) is 0 Å². The molecule has 0 aliphatic carbocycles. The minimum Gasteiger partial charge on any atom is -0.327 e. The van der Waals surface area contributed by atoms with Crippen LogP contribution in [0, 0.1) is 5.92 Å². The van der Waals surface area contributed by atoms with Gasteiger partial charge in [-0.1, -0.05) is 38.3 Å². The quantitative estimate of drug-likeness (QED) is 0.735. The highest BCUT2D eigenvalue weighted by molar-refractivity contribution is 7.99. The first-order valence-corrected chi connectivity index (χ1v) is 7.66. The Labute approximate surface area is 114 Å². The topological polar surface area (TPSA) is 26.0 Å². The van der Waals surface area contributed by atoms with E-state index in [0.29, 0.717) is 6.04 Å². The molecule has 1 aromatic carbocycles. The van der Waals surface area contributed by atoms with Gasteiger partial charge in [0.1, 0.15) is 0 Å². The van der Waals surface area contributed by atoms with Crippen LogP contribution in [-0.4, -0.2) is 11.8 Å². The van der Waals surface area contributed by atoms with Crippen molar-refractivity contribution in [2.45, 2.75) is 44.0 Å². The van der Waals surface area contributed by atoms with E-state index >= 15 is 0 Å². The van der Waals surface area contributed by atoms with Crippen molar-refractivity contribution < 1.29 is 0 Å². The van der Waals surface area contributed by atoms with E-state index in [1.807, 2.05) is 23.9 Å². The largest absolute Gasteiger partial charge is 0.327 e. The summed E-state index contributed by atoms with van der Waals surface area (Å²) in [6.45, 7) is 4.49. The van der Waals surface area contributed by atoms with Gasteiger partial charge in [0.25, 0.3) is 0 Å². The summed E-state index contributed by atoms with van der Waals surface area (Å²) in [4.78, 5) is 1.24. The summed E-state index contributed by atoms with van der Waals surface area (Å²) in [6, 6.07) is 8.25. The molecule has 3 heteroatoms. The molecule has 96 valence electrons. The fourth-order valence-corrected chi connectivity index (χ4v) is 2.85. The predicted molar refractivity (Wildman–Crippen MR) is 78.8 cm³/mol. The number of thioether (sulfide) groups is 1. The van der Waals surface area contributed by atoms with Crippen molar-refractivity contribution >= 4 is 23.4 Å². The zero-order valence-electron chi connectivity index (χ0n) is 10.7. The number of nitrogens with two attached hydrogens (primary N) is 1. The Morgan fingerprint density at radius 3 is 2.29 bits per heavy atom. The molecule has 0 heterocycles. The molecule has 1 aromatic rings. The monoisotopic (exact) mass is 271 g/mol. The molecule has 1 unspecified atom stereocenters. The summed E-state index contributed by atoms with van der Waals surface area (Å²) in [5.74, 6) is 1.76. The molecular formula is C14H22ClNS. The normalized spacial score (nSPS) is 13.0. The van der Waals surface area contributed by atoms with E-state index in [2.05, 4.69) is 26.0 Å². The van der Waals surface area contributed by atoms with Gasteiger partial charge < -0.3 is 5.73 Å². The van der Waals surface area contributed by atoms with E-state index < -0.39 is 0 Å². The van der Waals surface area contributed by atoms with Gasteiger partial charge in [-0.2, -0.15) is 0 Å². The minimum atomic E-state index is 0.292. The molecule has 0 bridgehead atoms. The smallest absolute Gasteiger partial charge is 0.0406 e. The molecule has 0 amide bonds. The van der Waals surface area contributed by atoms with Gasteiger partial charge in [0.15, 0.2) is 0 Å². The lowest BCUT2D eigenvalue weighted by atomic mass is 9.96. The van der Waals surface area contributed by atoms with Crippen molar-refractivity contribution in [2.24, 2.45) is 11.7 Å². The average Bonchev–Trinajstić information content (AvgIpc) is 2.35. The average molecular weight is 272 g/mol. The summed E-state index contributed by atoms with van der Waals surface area (Å²) < 4.78 is 0. The molecule has 0 saturated heterocycles. The van der Waals surface area contributed by atoms with E-state index in [1.54, 1.807) is 0 Å². The second kappa shape index (κ2) is 8.02. The number of hydrogen-bond donors (Lipinski definition) is 1. The zero-order valence-corrected chi connectivity index (χ0v) is 12.2. The van der Waals surface area contributed by atoms with Gasteiger partial charge in [-0.15, -0.1) is 11.8 Å². The first-order chi connectivity index (χ1) is 8.15. The zero-order chi connectivity index (χ0) is 12.7. The van der Waals surface area contributed by atoms with Gasteiger partial charge in [-0.05, 0) is 36.6 Å². The first-order valence-electron chi connectivity index (χ1n) is 6.29. The highest BCUT2D eigenvalue weighted by Crippen LogP contribution is 2.23. The fourth-order valence-electron chi connectivity index (χ4n) is 1.85. The first kappa shape index (κ1) is 14.9. The Bertz CT molecular complexity index is 309. The molecule has 0 saturated carbocycles. The number of benzene rings is 1. The second-order valence-corrected chi connectivity index (χ2v) is 5.97. The standard InChI is InChI=1S/C14H22ClNS/c1-3-11(4-2)9-13(16)10-17-14-7-5-12(15)6-8-14/h5-8,11,13H,3-4,9-10,16H2,1-2H3. The summed E-state index contributed by atoms with van der Waals surface area (Å²) in [6.07, 6.45) is 3.60. The van der Waals surface area contributed by atoms with Crippen molar-refractivity contribution in [3.8, 4) is 0 Å². The van der Waals surface area contributed by atoms with Crippen molar-refractivity contribution in [3.63, 3.8) is 0 Å². The molecule has 1 nitrogen and oxygen atoms in total. The lowest BCUT2D eigenvalue weighted by molar-refractivity contribution is 0.424. The third kappa shape index (κ3) is 5.80. The molecule has 0 radical (unpaired) electrons. The van der Waals surface area contributed by atoms with Gasteiger partial charge in [-0.3, -0.25) is 0 Å². The minimum absolute atomic E-state index is 0.292. The molecule has 1 rings (SSSR count). The van der Waals surface area contributed by atoms with E-state index in [9.17, 15) is 0 Å². The van der Waals surface area contributed by atoms with Crippen LogP contribution < -0.4 is 5.73 Å². The number of halogens is 1. The van der Waals surface area contributed by atoms with Crippen LogP contribution in [0.3, 0.4) is 0 Å². The molecule has 0 spiro atoms. The third-order valence-corrected chi connectivity index (χ3v) is 4.52. The molecule has 2 N–H and O–H groups in total. The molecule has 17 heavy (non-hydrogen) atoms. The maximum atomic E-state index is 6.16. The summed E-state index contributed by atoms with van der Waals surface area (Å²) in [5.41, 5.74) is 6.16. The molecule has 0 aromatic heterocycles. The van der Waals surface area contributed by atoms with E-state index in [4.69, 9.17) is 17.3 Å². The highest BCUT2D eigenvalue weighted by Gasteiger charge is 2.10. The van der Waals surface area contributed by atoms with Crippen LogP contribution in [0.25, 0.3) is 0 Å². The van der Waals surface area contributed by atoms with Gasteiger partial charge >= 0.3 is 0 Å². The van der Waals surface area contributed by atoms with Crippen LogP contribution in [0.4, 0.5) is 0 Å². The summed E-state index contributed by atoms with van der Waals surface area (Å²) >= 11 is 7.66. The van der Waals surface area contributed by atoms with Crippen molar-refractivity contribution in [1.82, 2.24) is 0 Å². The Kier molecular flexibility index (Phi) is 7.02. The van der Waals surface area contributed by atoms with Gasteiger partial charge in [-0.25, -0.2) is 0 Å². The third-order valence-electron chi connectivity index (χ3n) is 3.07. The van der Waals surface area contributed by atoms with Gasteiger partial charge in [0.05, 0.1) is 0 Å².